The van der Waals surface area contributed by atoms with Crippen molar-refractivity contribution in [2.75, 3.05) is 13.1 Å². The molecule has 1 saturated carbocycles. The van der Waals surface area contributed by atoms with Gasteiger partial charge in [-0.1, -0.05) is 12.1 Å². The van der Waals surface area contributed by atoms with Gasteiger partial charge < -0.3 is 9.25 Å². The van der Waals surface area contributed by atoms with Crippen molar-refractivity contribution in [3.05, 3.63) is 32.4 Å². The molecule has 3 heterocycles. The number of piperidine rings is 1. The summed E-state index contributed by atoms with van der Waals surface area (Å²) in [4.78, 5) is 35.6. The minimum absolute atomic E-state index is 0.103. The van der Waals surface area contributed by atoms with E-state index in [-0.39, 0.29) is 22.4 Å². The lowest BCUT2D eigenvalue weighted by Crippen LogP contribution is -2.40. The van der Waals surface area contributed by atoms with Crippen LogP contribution in [0.1, 0.15) is 38.2 Å². The number of sulfonamides is 1. The first-order valence-corrected chi connectivity index (χ1v) is 10.7. The van der Waals surface area contributed by atoms with Crippen molar-refractivity contribution >= 4 is 26.8 Å². The van der Waals surface area contributed by atoms with Crippen LogP contribution in [0.25, 0.3) is 11.1 Å². The molecule has 10 nitrogen and oxygen atoms in total. The zero-order chi connectivity index (χ0) is 19.9. The summed E-state index contributed by atoms with van der Waals surface area (Å²) in [5, 5.41) is 3.97. The van der Waals surface area contributed by atoms with E-state index in [2.05, 4.69) is 15.1 Å². The van der Waals surface area contributed by atoms with Gasteiger partial charge in [0.25, 0.3) is 5.56 Å². The maximum absolute atomic E-state index is 12.3. The van der Waals surface area contributed by atoms with E-state index in [0.29, 0.717) is 43.6 Å². The summed E-state index contributed by atoms with van der Waals surface area (Å²) in [6.45, 7) is 2.54. The molecule has 0 spiro atoms. The highest BCUT2D eigenvalue weighted by atomic mass is 32.2. The molecule has 0 bridgehead atoms. The minimum Gasteiger partial charge on any atom is -0.403 e. The first-order valence-electron chi connectivity index (χ1n) is 9.17. The van der Waals surface area contributed by atoms with Gasteiger partial charge in [-0.15, -0.1) is 0 Å². The van der Waals surface area contributed by atoms with E-state index >= 15 is 0 Å². The quantitative estimate of drug-likeness (QED) is 0.722. The van der Waals surface area contributed by atoms with Crippen molar-refractivity contribution in [1.29, 1.82) is 0 Å². The summed E-state index contributed by atoms with van der Waals surface area (Å²) in [5.74, 6) is 0. The van der Waals surface area contributed by atoms with Crippen molar-refractivity contribution in [3.63, 3.8) is 0 Å². The predicted octanol–water partition coefficient (Wildman–Crippen LogP) is 0.761. The third-order valence-electron chi connectivity index (χ3n) is 4.92. The van der Waals surface area contributed by atoms with Crippen LogP contribution in [0.4, 0.5) is 0 Å². The third kappa shape index (κ3) is 3.59. The monoisotopic (exact) mass is 408 g/mol. The number of oxime groups is 1. The highest BCUT2D eigenvalue weighted by Gasteiger charge is 2.40. The molecule has 28 heavy (non-hydrogen) atoms. The Balaban J connectivity index is 1.50. The minimum atomic E-state index is -3.18. The number of nitrogens with zero attached hydrogens (tertiary/aromatic N) is 3. The number of aryl methyl sites for hydroxylation is 1. The Labute approximate surface area is 160 Å². The molecule has 1 aliphatic carbocycles. The number of fused-ring (bicyclic) bond motifs is 1. The molecular weight excluding hydrogens is 388 g/mol. The molecule has 1 N–H and O–H groups in total. The normalized spacial score (nSPS) is 18.4. The lowest BCUT2D eigenvalue weighted by atomic mass is 10.1. The second-order valence-corrected chi connectivity index (χ2v) is 9.10. The Kier molecular flexibility index (Phi) is 4.79. The first-order chi connectivity index (χ1) is 13.4. The van der Waals surface area contributed by atoms with Crippen LogP contribution >= 0.6 is 0 Å². The molecule has 150 valence electrons. The summed E-state index contributed by atoms with van der Waals surface area (Å²) in [6.07, 6.45) is 2.84. The van der Waals surface area contributed by atoms with Gasteiger partial charge in [-0.25, -0.2) is 17.5 Å². The molecule has 2 aliphatic rings. The highest BCUT2D eigenvalue weighted by molar-refractivity contribution is 7.90. The molecule has 0 atom stereocenters. The van der Waals surface area contributed by atoms with Crippen LogP contribution < -0.4 is 16.0 Å². The van der Waals surface area contributed by atoms with Crippen LogP contribution in [0.3, 0.4) is 0 Å². The van der Waals surface area contributed by atoms with Gasteiger partial charge in [0.05, 0.1) is 11.0 Å². The van der Waals surface area contributed by atoms with E-state index in [0.717, 1.165) is 12.8 Å². The van der Waals surface area contributed by atoms with Crippen molar-refractivity contribution in [1.82, 2.24) is 14.3 Å². The molecule has 0 aromatic carbocycles. The van der Waals surface area contributed by atoms with E-state index in [1.807, 2.05) is 6.92 Å². The summed E-state index contributed by atoms with van der Waals surface area (Å²) >= 11 is 0. The Bertz CT molecular complexity index is 1150. The summed E-state index contributed by atoms with van der Waals surface area (Å²) < 4.78 is 31.0. The molecule has 1 saturated heterocycles. The standard InChI is InChI=1S/C17H20N4O6S/c1-2-10-9-13(22)26-16-14(10)15(23)18-17(19-16)27-20-11-5-7-21(8-6-11)28(24,25)12-3-4-12/h9,12H,2-8H2,1H3,(H,18,19,23). The topological polar surface area (TPSA) is 135 Å². The zero-order valence-electron chi connectivity index (χ0n) is 15.3. The third-order valence-corrected chi connectivity index (χ3v) is 7.32. The Morgan fingerprint density at radius 2 is 2.04 bits per heavy atom. The Morgan fingerprint density at radius 1 is 1.32 bits per heavy atom. The molecule has 1 aliphatic heterocycles. The van der Waals surface area contributed by atoms with Crippen molar-refractivity contribution < 1.29 is 17.7 Å². The highest BCUT2D eigenvalue weighted by Crippen LogP contribution is 2.32. The lowest BCUT2D eigenvalue weighted by molar-refractivity contribution is 0.303. The number of H-pyrrole nitrogens is 1. The van der Waals surface area contributed by atoms with E-state index in [4.69, 9.17) is 9.25 Å². The number of rotatable bonds is 5. The van der Waals surface area contributed by atoms with Gasteiger partial charge in [-0.2, -0.15) is 4.98 Å². The zero-order valence-corrected chi connectivity index (χ0v) is 16.1. The van der Waals surface area contributed by atoms with Gasteiger partial charge in [-0.3, -0.25) is 9.78 Å². The summed E-state index contributed by atoms with van der Waals surface area (Å²) in [5.41, 5.74) is 0.0413. The first kappa shape index (κ1) is 18.8. The molecular formula is C17H20N4O6S. The van der Waals surface area contributed by atoms with E-state index in [9.17, 15) is 18.0 Å². The van der Waals surface area contributed by atoms with Crippen LogP contribution in [0, 0.1) is 0 Å². The van der Waals surface area contributed by atoms with Crippen LogP contribution in [-0.2, 0) is 16.4 Å². The number of nitrogens with one attached hydrogen (secondary N) is 1. The van der Waals surface area contributed by atoms with Crippen molar-refractivity contribution in [2.45, 2.75) is 44.3 Å². The fraction of sp³-hybridized carbons (Fsp3) is 0.529. The lowest BCUT2D eigenvalue weighted by Gasteiger charge is -2.26. The van der Waals surface area contributed by atoms with Gasteiger partial charge in [-0.05, 0) is 24.8 Å². The van der Waals surface area contributed by atoms with Gasteiger partial charge >= 0.3 is 11.6 Å². The van der Waals surface area contributed by atoms with E-state index < -0.39 is 21.2 Å². The van der Waals surface area contributed by atoms with Crippen LogP contribution in [-0.4, -0.2) is 46.7 Å². The molecule has 2 aromatic rings. The number of hydrogen-bond acceptors (Lipinski definition) is 8. The Hall–Kier alpha value is -2.53. The largest absolute Gasteiger partial charge is 0.403 e. The van der Waals surface area contributed by atoms with E-state index in [1.54, 1.807) is 0 Å². The molecule has 0 amide bonds. The smallest absolute Gasteiger partial charge is 0.337 e. The van der Waals surface area contributed by atoms with Gasteiger partial charge in [0.2, 0.25) is 15.7 Å². The number of aromatic nitrogens is 2. The fourth-order valence-corrected chi connectivity index (χ4v) is 5.07. The molecule has 0 unspecified atom stereocenters. The average Bonchev–Trinajstić information content (AvgIpc) is 3.51. The van der Waals surface area contributed by atoms with Gasteiger partial charge in [0.15, 0.2) is 0 Å². The van der Waals surface area contributed by atoms with E-state index in [1.165, 1.54) is 10.4 Å². The predicted molar refractivity (Wildman–Crippen MR) is 101 cm³/mol. The molecule has 0 radical (unpaired) electrons. The van der Waals surface area contributed by atoms with Crippen molar-refractivity contribution in [3.8, 4) is 6.01 Å². The number of hydrogen-bond donors (Lipinski definition) is 1. The molecule has 4 rings (SSSR count). The summed E-state index contributed by atoms with van der Waals surface area (Å²) in [6, 6.07) is 1.08. The SMILES string of the molecule is CCc1cc(=O)oc2nc(ON=C3CCN(S(=O)(=O)C4CC4)CC3)[nH]c(=O)c12. The maximum Gasteiger partial charge on any atom is 0.337 e. The van der Waals surface area contributed by atoms with Gasteiger partial charge in [0, 0.05) is 32.0 Å². The molecule has 11 heteroatoms. The second kappa shape index (κ2) is 7.13. The van der Waals surface area contributed by atoms with Crippen LogP contribution in [0.5, 0.6) is 6.01 Å². The molecule has 2 fully saturated rings. The van der Waals surface area contributed by atoms with Crippen LogP contribution in [0.15, 0.2) is 25.2 Å². The Morgan fingerprint density at radius 3 is 2.68 bits per heavy atom. The van der Waals surface area contributed by atoms with Gasteiger partial charge in [0.1, 0.15) is 5.39 Å². The van der Waals surface area contributed by atoms with Crippen molar-refractivity contribution in [2.24, 2.45) is 5.16 Å². The van der Waals surface area contributed by atoms with Crippen LogP contribution in [0.2, 0.25) is 0 Å². The maximum atomic E-state index is 12.3. The average molecular weight is 408 g/mol. The fourth-order valence-electron chi connectivity index (χ4n) is 3.23. The number of aromatic amines is 1. The summed E-state index contributed by atoms with van der Waals surface area (Å²) in [7, 11) is -3.18. The second-order valence-electron chi connectivity index (χ2n) is 6.89. The molecule has 2 aromatic heterocycles.